The van der Waals surface area contributed by atoms with Crippen LogP contribution in [-0.2, 0) is 6.42 Å². The normalized spacial score (nSPS) is 13.2. The second kappa shape index (κ2) is 3.97. The number of hydrogen-bond acceptors (Lipinski definition) is 2. The summed E-state index contributed by atoms with van der Waals surface area (Å²) in [6.45, 7) is 0.702. The van der Waals surface area contributed by atoms with Gasteiger partial charge in [0.15, 0.2) is 0 Å². The second-order valence-corrected chi connectivity index (χ2v) is 4.49. The van der Waals surface area contributed by atoms with Gasteiger partial charge in [-0.05, 0) is 23.8 Å². The number of para-hydroxylation sites is 1. The van der Waals surface area contributed by atoms with E-state index in [0.717, 1.165) is 23.3 Å². The quantitative estimate of drug-likeness (QED) is 0.832. The molecule has 0 aromatic heterocycles. The first kappa shape index (κ1) is 10.5. The van der Waals surface area contributed by atoms with Crippen LogP contribution in [0.4, 0.5) is 0 Å². The van der Waals surface area contributed by atoms with Gasteiger partial charge >= 0.3 is 0 Å². The number of benzene rings is 2. The lowest BCUT2D eigenvalue weighted by atomic mass is 10.0. The molecule has 0 atom stereocenters. The van der Waals surface area contributed by atoms with Crippen LogP contribution in [0.15, 0.2) is 36.4 Å². The fourth-order valence-corrected chi connectivity index (χ4v) is 2.32. The van der Waals surface area contributed by atoms with Crippen molar-refractivity contribution in [2.45, 2.75) is 6.42 Å². The van der Waals surface area contributed by atoms with E-state index < -0.39 is 0 Å². The molecule has 3 heteroatoms. The Labute approximate surface area is 104 Å². The molecule has 0 saturated heterocycles. The van der Waals surface area contributed by atoms with Gasteiger partial charge in [0.1, 0.15) is 11.5 Å². The maximum absolute atomic E-state index is 9.91. The van der Waals surface area contributed by atoms with E-state index in [-0.39, 0.29) is 5.75 Å². The first-order chi connectivity index (χ1) is 8.25. The Morgan fingerprint density at radius 1 is 1.12 bits per heavy atom. The Bertz CT molecular complexity index is 578. The number of phenols is 1. The second-order valence-electron chi connectivity index (χ2n) is 4.05. The van der Waals surface area contributed by atoms with Gasteiger partial charge in [-0.15, -0.1) is 0 Å². The van der Waals surface area contributed by atoms with E-state index >= 15 is 0 Å². The predicted octanol–water partition coefficient (Wildman–Crippen LogP) is 3.65. The average molecular weight is 247 g/mol. The average Bonchev–Trinajstić information content (AvgIpc) is 2.80. The molecule has 2 aromatic carbocycles. The highest BCUT2D eigenvalue weighted by molar-refractivity contribution is 6.31. The van der Waals surface area contributed by atoms with Crippen molar-refractivity contribution in [3.63, 3.8) is 0 Å². The maximum atomic E-state index is 9.91. The number of ether oxygens (including phenoxy) is 1. The third kappa shape index (κ3) is 1.75. The lowest BCUT2D eigenvalue weighted by Crippen LogP contribution is -1.89. The van der Waals surface area contributed by atoms with Crippen LogP contribution >= 0.6 is 11.6 Å². The van der Waals surface area contributed by atoms with E-state index in [4.69, 9.17) is 16.3 Å². The Balaban J connectivity index is 2.22. The van der Waals surface area contributed by atoms with Crippen LogP contribution in [0.1, 0.15) is 5.56 Å². The van der Waals surface area contributed by atoms with Crippen molar-refractivity contribution >= 4 is 11.6 Å². The zero-order valence-electron chi connectivity index (χ0n) is 9.11. The summed E-state index contributed by atoms with van der Waals surface area (Å²) in [5.74, 6) is 1.09. The number of halogens is 1. The lowest BCUT2D eigenvalue weighted by molar-refractivity contribution is 0.358. The Kier molecular flexibility index (Phi) is 2.45. The molecule has 0 saturated carbocycles. The summed E-state index contributed by atoms with van der Waals surface area (Å²) >= 11 is 5.97. The zero-order valence-corrected chi connectivity index (χ0v) is 9.87. The summed E-state index contributed by atoms with van der Waals surface area (Å²) in [5.41, 5.74) is 2.80. The maximum Gasteiger partial charge on any atom is 0.130 e. The molecule has 0 aliphatic carbocycles. The first-order valence-electron chi connectivity index (χ1n) is 5.49. The minimum atomic E-state index is 0.221. The highest BCUT2D eigenvalue weighted by Gasteiger charge is 2.18. The Morgan fingerprint density at radius 2 is 2.00 bits per heavy atom. The molecule has 3 rings (SSSR count). The van der Waals surface area contributed by atoms with Crippen molar-refractivity contribution < 1.29 is 9.84 Å². The van der Waals surface area contributed by atoms with E-state index in [1.54, 1.807) is 18.2 Å². The molecule has 0 unspecified atom stereocenters. The topological polar surface area (TPSA) is 29.5 Å². The van der Waals surface area contributed by atoms with Gasteiger partial charge in [0, 0.05) is 22.6 Å². The third-order valence-corrected chi connectivity index (χ3v) is 3.20. The van der Waals surface area contributed by atoms with Gasteiger partial charge in [-0.1, -0.05) is 29.8 Å². The van der Waals surface area contributed by atoms with E-state index in [1.165, 1.54) is 5.56 Å². The van der Waals surface area contributed by atoms with Gasteiger partial charge < -0.3 is 9.84 Å². The number of fused-ring (bicyclic) bond motifs is 1. The van der Waals surface area contributed by atoms with Gasteiger partial charge in [-0.25, -0.2) is 0 Å². The molecule has 1 aliphatic rings. The van der Waals surface area contributed by atoms with Gasteiger partial charge in [0.25, 0.3) is 0 Å². The molecular weight excluding hydrogens is 236 g/mol. The van der Waals surface area contributed by atoms with Crippen molar-refractivity contribution in [1.29, 1.82) is 0 Å². The zero-order chi connectivity index (χ0) is 11.8. The van der Waals surface area contributed by atoms with Crippen LogP contribution in [-0.4, -0.2) is 11.7 Å². The van der Waals surface area contributed by atoms with Crippen molar-refractivity contribution in [3.8, 4) is 22.6 Å². The molecule has 17 heavy (non-hydrogen) atoms. The highest BCUT2D eigenvalue weighted by Crippen LogP contribution is 2.41. The van der Waals surface area contributed by atoms with Gasteiger partial charge in [0.2, 0.25) is 0 Å². The van der Waals surface area contributed by atoms with Gasteiger partial charge in [-0.3, -0.25) is 0 Å². The molecule has 2 nitrogen and oxygen atoms in total. The lowest BCUT2D eigenvalue weighted by Gasteiger charge is -2.10. The Morgan fingerprint density at radius 3 is 2.88 bits per heavy atom. The molecule has 0 radical (unpaired) electrons. The summed E-state index contributed by atoms with van der Waals surface area (Å²) in [4.78, 5) is 0. The summed E-state index contributed by atoms with van der Waals surface area (Å²) in [6, 6.07) is 11.0. The van der Waals surface area contributed by atoms with Crippen molar-refractivity contribution in [2.75, 3.05) is 6.61 Å². The summed E-state index contributed by atoms with van der Waals surface area (Å²) in [7, 11) is 0. The standard InChI is InChI=1S/C14H11ClO2/c15-10-4-5-13(16)12(8-10)11-3-1-2-9-6-7-17-14(9)11/h1-5,8,16H,6-7H2. The molecule has 86 valence electrons. The molecule has 1 heterocycles. The molecule has 2 aromatic rings. The molecule has 0 amide bonds. The fraction of sp³-hybridized carbons (Fsp3) is 0.143. The van der Waals surface area contributed by atoms with Crippen LogP contribution in [0.5, 0.6) is 11.5 Å². The third-order valence-electron chi connectivity index (χ3n) is 2.96. The minimum absolute atomic E-state index is 0.221. The van der Waals surface area contributed by atoms with Gasteiger partial charge in [0.05, 0.1) is 6.61 Å². The minimum Gasteiger partial charge on any atom is -0.507 e. The largest absolute Gasteiger partial charge is 0.507 e. The summed E-state index contributed by atoms with van der Waals surface area (Å²) in [5, 5.41) is 10.5. The van der Waals surface area contributed by atoms with Crippen LogP contribution in [0.2, 0.25) is 5.02 Å². The summed E-state index contributed by atoms with van der Waals surface area (Å²) in [6.07, 6.45) is 0.921. The van der Waals surface area contributed by atoms with Gasteiger partial charge in [-0.2, -0.15) is 0 Å². The smallest absolute Gasteiger partial charge is 0.130 e. The molecule has 0 spiro atoms. The molecule has 1 N–H and O–H groups in total. The van der Waals surface area contributed by atoms with E-state index in [2.05, 4.69) is 0 Å². The predicted molar refractivity (Wildman–Crippen MR) is 67.8 cm³/mol. The van der Waals surface area contributed by atoms with Crippen LogP contribution in [0, 0.1) is 0 Å². The van der Waals surface area contributed by atoms with E-state index in [1.807, 2.05) is 18.2 Å². The number of hydrogen-bond donors (Lipinski definition) is 1. The molecular formula is C14H11ClO2. The molecule has 0 bridgehead atoms. The van der Waals surface area contributed by atoms with E-state index in [9.17, 15) is 5.11 Å². The number of aromatic hydroxyl groups is 1. The van der Waals surface area contributed by atoms with Crippen LogP contribution < -0.4 is 4.74 Å². The van der Waals surface area contributed by atoms with Crippen molar-refractivity contribution in [1.82, 2.24) is 0 Å². The Hall–Kier alpha value is -1.67. The molecule has 1 aliphatic heterocycles. The van der Waals surface area contributed by atoms with Crippen LogP contribution in [0.3, 0.4) is 0 Å². The first-order valence-corrected chi connectivity index (χ1v) is 5.87. The van der Waals surface area contributed by atoms with Crippen LogP contribution in [0.25, 0.3) is 11.1 Å². The highest BCUT2D eigenvalue weighted by atomic mass is 35.5. The van der Waals surface area contributed by atoms with E-state index in [0.29, 0.717) is 11.6 Å². The van der Waals surface area contributed by atoms with Crippen molar-refractivity contribution in [3.05, 3.63) is 47.0 Å². The summed E-state index contributed by atoms with van der Waals surface area (Å²) < 4.78 is 5.62. The fourth-order valence-electron chi connectivity index (χ4n) is 2.15. The molecule has 0 fully saturated rings. The monoisotopic (exact) mass is 246 g/mol. The number of rotatable bonds is 1. The number of phenolic OH excluding ortho intramolecular Hbond substituents is 1. The SMILES string of the molecule is Oc1ccc(Cl)cc1-c1cccc2c1OCC2. The van der Waals surface area contributed by atoms with Crippen molar-refractivity contribution in [2.24, 2.45) is 0 Å².